The molecule has 0 saturated heterocycles. The van der Waals surface area contributed by atoms with Crippen molar-refractivity contribution in [1.29, 1.82) is 5.26 Å². The van der Waals surface area contributed by atoms with Crippen molar-refractivity contribution >= 4 is 5.91 Å². The molecule has 2 aromatic rings. The molecular weight excluding hydrogens is 343 g/mol. The first kappa shape index (κ1) is 19.1. The molecule has 1 saturated carbocycles. The molecular formula is C22H23FN2O2. The van der Waals surface area contributed by atoms with Gasteiger partial charge in [0.1, 0.15) is 11.9 Å². The molecule has 27 heavy (non-hydrogen) atoms. The van der Waals surface area contributed by atoms with Gasteiger partial charge in [0.2, 0.25) is 0 Å². The molecule has 2 aromatic carbocycles. The minimum atomic E-state index is -0.556. The molecule has 0 unspecified atom stereocenters. The maximum Gasteiger partial charge on any atom is 0.254 e. The Hall–Kier alpha value is -2.71. The molecule has 1 aliphatic carbocycles. The van der Waals surface area contributed by atoms with Crippen molar-refractivity contribution in [2.24, 2.45) is 0 Å². The van der Waals surface area contributed by atoms with Crippen molar-refractivity contribution in [2.75, 3.05) is 13.2 Å². The summed E-state index contributed by atoms with van der Waals surface area (Å²) in [5.74, 6) is -0.652. The first-order chi connectivity index (χ1) is 13.1. The van der Waals surface area contributed by atoms with Crippen LogP contribution < -0.4 is 0 Å². The summed E-state index contributed by atoms with van der Waals surface area (Å²) in [4.78, 5) is 14.9. The van der Waals surface area contributed by atoms with Crippen LogP contribution in [0.5, 0.6) is 0 Å². The van der Waals surface area contributed by atoms with Crippen LogP contribution in [0.2, 0.25) is 0 Å². The van der Waals surface area contributed by atoms with E-state index < -0.39 is 5.82 Å². The Kier molecular flexibility index (Phi) is 6.20. The Bertz CT molecular complexity index is 854. The Morgan fingerprint density at radius 1 is 1.15 bits per heavy atom. The Morgan fingerprint density at radius 2 is 1.89 bits per heavy atom. The first-order valence-corrected chi connectivity index (χ1v) is 9.36. The van der Waals surface area contributed by atoms with Gasteiger partial charge in [0.25, 0.3) is 5.91 Å². The van der Waals surface area contributed by atoms with Crippen molar-refractivity contribution in [2.45, 2.75) is 38.1 Å². The number of benzene rings is 2. The van der Waals surface area contributed by atoms with E-state index in [0.717, 1.165) is 31.2 Å². The number of nitriles is 1. The summed E-state index contributed by atoms with van der Waals surface area (Å²) in [5.41, 5.74) is 1.96. The van der Waals surface area contributed by atoms with Gasteiger partial charge in [-0.25, -0.2) is 4.39 Å². The lowest BCUT2D eigenvalue weighted by Gasteiger charge is -2.34. The summed E-state index contributed by atoms with van der Waals surface area (Å²) in [6.45, 7) is 0.258. The highest BCUT2D eigenvalue weighted by molar-refractivity contribution is 5.95. The van der Waals surface area contributed by atoms with Crippen LogP contribution in [0, 0.1) is 17.1 Å². The molecule has 0 radical (unpaired) electrons. The Morgan fingerprint density at radius 3 is 2.59 bits per heavy atom. The van der Waals surface area contributed by atoms with Crippen LogP contribution >= 0.6 is 0 Å². The quantitative estimate of drug-likeness (QED) is 0.865. The summed E-state index contributed by atoms with van der Waals surface area (Å²) < 4.78 is 13.6. The third kappa shape index (κ3) is 4.35. The number of aliphatic hydroxyl groups is 1. The zero-order chi connectivity index (χ0) is 19.2. The molecule has 1 fully saturated rings. The van der Waals surface area contributed by atoms with E-state index in [1.54, 1.807) is 29.2 Å². The number of amides is 1. The number of rotatable bonds is 5. The average Bonchev–Trinajstić information content (AvgIpc) is 2.72. The minimum Gasteiger partial charge on any atom is -0.395 e. The largest absolute Gasteiger partial charge is 0.395 e. The van der Waals surface area contributed by atoms with Gasteiger partial charge in [-0.15, -0.1) is 0 Å². The Labute approximate surface area is 158 Å². The van der Waals surface area contributed by atoms with E-state index in [-0.39, 0.29) is 24.1 Å². The van der Waals surface area contributed by atoms with Gasteiger partial charge in [0, 0.05) is 18.2 Å². The van der Waals surface area contributed by atoms with Crippen molar-refractivity contribution in [3.05, 3.63) is 59.4 Å². The maximum atomic E-state index is 13.6. The van der Waals surface area contributed by atoms with Crippen LogP contribution in [-0.4, -0.2) is 35.1 Å². The highest BCUT2D eigenvalue weighted by atomic mass is 19.1. The minimum absolute atomic E-state index is 0.0201. The standard InChI is InChI=1S/C22H23FN2O2/c23-21-10-9-17(14-19(21)15-24)16-5-4-6-18(13-16)22(27)25(11-12-26)20-7-2-1-3-8-20/h4-6,9-10,13-14,20,26H,1-3,7-8,11-12H2. The van der Waals surface area contributed by atoms with E-state index in [1.165, 1.54) is 18.6 Å². The molecule has 0 bridgehead atoms. The van der Waals surface area contributed by atoms with Crippen LogP contribution in [0.15, 0.2) is 42.5 Å². The molecule has 5 heteroatoms. The molecule has 0 spiro atoms. The van der Waals surface area contributed by atoms with Crippen LogP contribution in [0.25, 0.3) is 11.1 Å². The van der Waals surface area contributed by atoms with Gasteiger partial charge in [-0.1, -0.05) is 37.5 Å². The number of nitrogens with zero attached hydrogens (tertiary/aromatic N) is 2. The fourth-order valence-electron chi connectivity index (χ4n) is 3.74. The topological polar surface area (TPSA) is 64.3 Å². The van der Waals surface area contributed by atoms with Crippen LogP contribution in [0.3, 0.4) is 0 Å². The number of hydrogen-bond acceptors (Lipinski definition) is 3. The molecule has 1 aliphatic rings. The van der Waals surface area contributed by atoms with Gasteiger partial charge in [0.05, 0.1) is 12.2 Å². The van der Waals surface area contributed by atoms with Gasteiger partial charge >= 0.3 is 0 Å². The molecule has 1 amide bonds. The number of halogens is 1. The summed E-state index contributed by atoms with van der Waals surface area (Å²) in [6.07, 6.45) is 5.33. The normalized spacial score (nSPS) is 14.6. The smallest absolute Gasteiger partial charge is 0.254 e. The monoisotopic (exact) mass is 366 g/mol. The lowest BCUT2D eigenvalue weighted by molar-refractivity contribution is 0.0585. The Balaban J connectivity index is 1.89. The second kappa shape index (κ2) is 8.79. The molecule has 3 rings (SSSR count). The fourth-order valence-corrected chi connectivity index (χ4v) is 3.74. The highest BCUT2D eigenvalue weighted by Crippen LogP contribution is 2.26. The van der Waals surface area contributed by atoms with E-state index in [0.29, 0.717) is 17.7 Å². The third-order valence-electron chi connectivity index (χ3n) is 5.15. The van der Waals surface area contributed by atoms with E-state index in [4.69, 9.17) is 5.26 Å². The van der Waals surface area contributed by atoms with Crippen molar-refractivity contribution in [3.63, 3.8) is 0 Å². The van der Waals surface area contributed by atoms with E-state index in [9.17, 15) is 14.3 Å². The van der Waals surface area contributed by atoms with Crippen molar-refractivity contribution < 1.29 is 14.3 Å². The predicted octanol–water partition coefficient (Wildman–Crippen LogP) is 4.13. The van der Waals surface area contributed by atoms with Crippen LogP contribution in [0.4, 0.5) is 4.39 Å². The van der Waals surface area contributed by atoms with Crippen LogP contribution in [-0.2, 0) is 0 Å². The number of hydrogen-bond donors (Lipinski definition) is 1. The molecule has 0 atom stereocenters. The summed E-state index contributed by atoms with van der Waals surface area (Å²) in [7, 11) is 0. The second-order valence-corrected chi connectivity index (χ2v) is 6.90. The third-order valence-corrected chi connectivity index (χ3v) is 5.15. The van der Waals surface area contributed by atoms with Gasteiger partial charge < -0.3 is 10.0 Å². The molecule has 1 N–H and O–H groups in total. The second-order valence-electron chi connectivity index (χ2n) is 6.90. The fraction of sp³-hybridized carbons (Fsp3) is 0.364. The summed E-state index contributed by atoms with van der Waals surface area (Å²) >= 11 is 0. The molecule has 4 nitrogen and oxygen atoms in total. The highest BCUT2D eigenvalue weighted by Gasteiger charge is 2.26. The summed E-state index contributed by atoms with van der Waals surface area (Å²) in [5, 5.41) is 18.5. The van der Waals surface area contributed by atoms with Gasteiger partial charge in [0.15, 0.2) is 0 Å². The predicted molar refractivity (Wildman–Crippen MR) is 102 cm³/mol. The lowest BCUT2D eigenvalue weighted by Crippen LogP contribution is -2.43. The number of carbonyl (C=O) groups excluding carboxylic acids is 1. The SMILES string of the molecule is N#Cc1cc(-c2cccc(C(=O)N(CCO)C3CCCCC3)c2)ccc1F. The first-order valence-electron chi connectivity index (χ1n) is 9.36. The molecule has 0 heterocycles. The molecule has 140 valence electrons. The van der Waals surface area contributed by atoms with E-state index >= 15 is 0 Å². The van der Waals surface area contributed by atoms with Crippen molar-refractivity contribution in [1.82, 2.24) is 4.90 Å². The molecule has 0 aromatic heterocycles. The van der Waals surface area contributed by atoms with Crippen molar-refractivity contribution in [3.8, 4) is 17.2 Å². The zero-order valence-corrected chi connectivity index (χ0v) is 15.2. The van der Waals surface area contributed by atoms with Gasteiger partial charge in [-0.2, -0.15) is 5.26 Å². The lowest BCUT2D eigenvalue weighted by atomic mass is 9.93. The number of carbonyl (C=O) groups is 1. The zero-order valence-electron chi connectivity index (χ0n) is 15.2. The molecule has 0 aliphatic heterocycles. The van der Waals surface area contributed by atoms with E-state index in [1.807, 2.05) is 12.1 Å². The summed E-state index contributed by atoms with van der Waals surface area (Å²) in [6, 6.07) is 13.5. The van der Waals surface area contributed by atoms with Gasteiger partial charge in [-0.05, 0) is 48.2 Å². The number of aliphatic hydroxyl groups excluding tert-OH is 1. The average molecular weight is 366 g/mol. The maximum absolute atomic E-state index is 13.6. The van der Waals surface area contributed by atoms with E-state index in [2.05, 4.69) is 0 Å². The van der Waals surface area contributed by atoms with Gasteiger partial charge in [-0.3, -0.25) is 4.79 Å². The van der Waals surface area contributed by atoms with Crippen LogP contribution in [0.1, 0.15) is 48.0 Å².